The molecule has 4 aromatic rings. The Bertz CT molecular complexity index is 1440. The summed E-state index contributed by atoms with van der Waals surface area (Å²) >= 11 is 0. The Morgan fingerprint density at radius 2 is 1.63 bits per heavy atom. The maximum absolute atomic E-state index is 14.0. The molecule has 0 aliphatic carbocycles. The lowest BCUT2D eigenvalue weighted by atomic mass is 10.1. The van der Waals surface area contributed by atoms with Crippen molar-refractivity contribution in [1.29, 1.82) is 0 Å². The zero-order chi connectivity index (χ0) is 24.5. The van der Waals surface area contributed by atoms with Crippen molar-refractivity contribution in [2.75, 3.05) is 45.7 Å². The molecule has 2 aromatic carbocycles. The molecule has 0 saturated carbocycles. The second kappa shape index (κ2) is 10.7. The van der Waals surface area contributed by atoms with E-state index < -0.39 is 10.0 Å². The van der Waals surface area contributed by atoms with Crippen molar-refractivity contribution in [2.24, 2.45) is 7.05 Å². The monoisotopic (exact) mass is 518 g/mol. The lowest BCUT2D eigenvalue weighted by Gasteiger charge is -2.26. The SMILES string of the molecule is COc1ccc(N(CCCN(C)C)S(=O)(=O)c2ccc3c(c2)c2ccccc2n3C)c(OC)n1.Cl. The fraction of sp³-hybridized carbons (Fsp3) is 0.320. The molecule has 0 saturated heterocycles. The predicted octanol–water partition coefficient (Wildman–Crippen LogP) is 4.31. The number of pyridine rings is 1. The van der Waals surface area contributed by atoms with Gasteiger partial charge in [0.15, 0.2) is 0 Å². The number of fused-ring (bicyclic) bond motifs is 3. The number of benzene rings is 2. The van der Waals surface area contributed by atoms with Crippen molar-refractivity contribution < 1.29 is 17.9 Å². The smallest absolute Gasteiger partial charge is 0.264 e. The molecule has 2 aromatic heterocycles. The predicted molar refractivity (Wildman–Crippen MR) is 143 cm³/mol. The summed E-state index contributed by atoms with van der Waals surface area (Å²) in [5.74, 6) is 0.544. The van der Waals surface area contributed by atoms with Gasteiger partial charge in [-0.05, 0) is 57.4 Å². The number of hydrogen-bond acceptors (Lipinski definition) is 6. The summed E-state index contributed by atoms with van der Waals surface area (Å²) in [6.45, 7) is 1.01. The number of hydrogen-bond donors (Lipinski definition) is 0. The molecule has 0 amide bonds. The van der Waals surface area contributed by atoms with Crippen molar-refractivity contribution in [3.63, 3.8) is 0 Å². The Morgan fingerprint density at radius 3 is 2.31 bits per heavy atom. The van der Waals surface area contributed by atoms with Gasteiger partial charge in [-0.3, -0.25) is 4.31 Å². The van der Waals surface area contributed by atoms with Gasteiger partial charge in [0.2, 0.25) is 11.8 Å². The second-order valence-electron chi connectivity index (χ2n) is 8.37. The van der Waals surface area contributed by atoms with E-state index in [9.17, 15) is 8.42 Å². The average molecular weight is 519 g/mol. The number of sulfonamides is 1. The molecule has 10 heteroatoms. The summed E-state index contributed by atoms with van der Waals surface area (Å²) in [6, 6.07) is 16.6. The Hall–Kier alpha value is -3.01. The summed E-state index contributed by atoms with van der Waals surface area (Å²) < 4.78 is 42.1. The van der Waals surface area contributed by atoms with E-state index in [4.69, 9.17) is 9.47 Å². The van der Waals surface area contributed by atoms with E-state index in [0.29, 0.717) is 18.0 Å². The highest BCUT2D eigenvalue weighted by molar-refractivity contribution is 7.92. The van der Waals surface area contributed by atoms with Gasteiger partial charge in [-0.2, -0.15) is 4.98 Å². The molecule has 0 fully saturated rings. The molecule has 0 unspecified atom stereocenters. The summed E-state index contributed by atoms with van der Waals surface area (Å²) in [4.78, 5) is 6.56. The number of rotatable bonds is 9. The topological polar surface area (TPSA) is 76.9 Å². The van der Waals surface area contributed by atoms with Crippen LogP contribution >= 0.6 is 12.4 Å². The number of aryl methyl sites for hydroxylation is 1. The van der Waals surface area contributed by atoms with Crippen molar-refractivity contribution in [3.05, 3.63) is 54.6 Å². The van der Waals surface area contributed by atoms with Gasteiger partial charge in [-0.25, -0.2) is 8.42 Å². The molecule has 0 aliphatic rings. The largest absolute Gasteiger partial charge is 0.481 e. The first-order chi connectivity index (χ1) is 16.3. The lowest BCUT2D eigenvalue weighted by molar-refractivity contribution is 0.365. The molecule has 0 atom stereocenters. The first-order valence-corrected chi connectivity index (χ1v) is 12.5. The van der Waals surface area contributed by atoms with Gasteiger partial charge in [0.25, 0.3) is 10.0 Å². The fourth-order valence-corrected chi connectivity index (χ4v) is 5.73. The molecule has 0 bridgehead atoms. The van der Waals surface area contributed by atoms with E-state index in [-0.39, 0.29) is 29.7 Å². The van der Waals surface area contributed by atoms with Gasteiger partial charge in [-0.1, -0.05) is 18.2 Å². The Balaban J connectivity index is 0.00000342. The Labute approximate surface area is 212 Å². The van der Waals surface area contributed by atoms with Crippen LogP contribution in [0.4, 0.5) is 5.69 Å². The Kier molecular flexibility index (Phi) is 8.15. The normalized spacial score (nSPS) is 11.6. The van der Waals surface area contributed by atoms with Crippen LogP contribution in [0.25, 0.3) is 21.8 Å². The number of aromatic nitrogens is 2. The zero-order valence-electron chi connectivity index (χ0n) is 20.6. The molecular weight excluding hydrogens is 488 g/mol. The molecule has 0 aliphatic heterocycles. The Morgan fingerprint density at radius 1 is 0.914 bits per heavy atom. The van der Waals surface area contributed by atoms with E-state index in [2.05, 4.69) is 9.55 Å². The summed E-state index contributed by atoms with van der Waals surface area (Å²) in [5.41, 5.74) is 2.40. The number of ether oxygens (including phenoxy) is 2. The van der Waals surface area contributed by atoms with Crippen molar-refractivity contribution in [1.82, 2.24) is 14.5 Å². The van der Waals surface area contributed by atoms with Gasteiger partial charge in [0.1, 0.15) is 5.69 Å². The number of anilines is 1. The number of halogens is 1. The zero-order valence-corrected chi connectivity index (χ0v) is 22.2. The van der Waals surface area contributed by atoms with Crippen LogP contribution < -0.4 is 13.8 Å². The molecule has 0 radical (unpaired) electrons. The quantitative estimate of drug-likeness (QED) is 0.328. The highest BCUT2D eigenvalue weighted by atomic mass is 35.5. The molecule has 0 spiro atoms. The van der Waals surface area contributed by atoms with Crippen LogP contribution in [0.5, 0.6) is 11.8 Å². The molecule has 0 N–H and O–H groups in total. The van der Waals surface area contributed by atoms with E-state index in [1.807, 2.05) is 56.4 Å². The minimum atomic E-state index is -3.91. The van der Waals surface area contributed by atoms with Crippen LogP contribution in [0.2, 0.25) is 0 Å². The van der Waals surface area contributed by atoms with Crippen LogP contribution in [-0.4, -0.2) is 64.3 Å². The van der Waals surface area contributed by atoms with E-state index in [1.165, 1.54) is 18.5 Å². The van der Waals surface area contributed by atoms with E-state index in [1.54, 1.807) is 24.3 Å². The van der Waals surface area contributed by atoms with E-state index >= 15 is 0 Å². The fourth-order valence-electron chi connectivity index (χ4n) is 4.21. The minimum absolute atomic E-state index is 0. The molecule has 4 rings (SSSR count). The minimum Gasteiger partial charge on any atom is -0.481 e. The third-order valence-corrected chi connectivity index (χ3v) is 7.73. The summed E-state index contributed by atoms with van der Waals surface area (Å²) in [7, 11) is 4.97. The van der Waals surface area contributed by atoms with Crippen LogP contribution in [0.1, 0.15) is 6.42 Å². The molecule has 188 valence electrons. The van der Waals surface area contributed by atoms with Gasteiger partial charge >= 0.3 is 0 Å². The summed E-state index contributed by atoms with van der Waals surface area (Å²) in [6.07, 6.45) is 0.637. The van der Waals surface area contributed by atoms with Gasteiger partial charge in [0, 0.05) is 41.5 Å². The molecule has 8 nitrogen and oxygen atoms in total. The van der Waals surface area contributed by atoms with Crippen LogP contribution in [-0.2, 0) is 17.1 Å². The maximum Gasteiger partial charge on any atom is 0.264 e. The standard InChI is InChI=1S/C25H30N4O4S.ClH/c1-27(2)15-8-16-29(23-13-14-24(32-4)26-25(23)33-5)34(30,31)18-11-12-22-20(17-18)19-9-6-7-10-21(19)28(22)3;/h6-7,9-14,17H,8,15-16H2,1-5H3;1H. The van der Waals surface area contributed by atoms with Crippen molar-refractivity contribution in [2.45, 2.75) is 11.3 Å². The van der Waals surface area contributed by atoms with Gasteiger partial charge < -0.3 is 18.9 Å². The van der Waals surface area contributed by atoms with Gasteiger partial charge in [-0.15, -0.1) is 12.4 Å². The number of methoxy groups -OCH3 is 2. The van der Waals surface area contributed by atoms with Crippen LogP contribution in [0, 0.1) is 0 Å². The second-order valence-corrected chi connectivity index (χ2v) is 10.2. The molecular formula is C25H31ClN4O4S. The third kappa shape index (κ3) is 5.03. The highest BCUT2D eigenvalue weighted by Crippen LogP contribution is 2.35. The number of nitrogens with zero attached hydrogens (tertiary/aromatic N) is 4. The summed E-state index contributed by atoms with van der Waals surface area (Å²) in [5, 5.41) is 1.91. The average Bonchev–Trinajstić information content (AvgIpc) is 3.13. The molecule has 35 heavy (non-hydrogen) atoms. The molecule has 2 heterocycles. The first-order valence-electron chi connectivity index (χ1n) is 11.0. The first kappa shape index (κ1) is 26.6. The van der Waals surface area contributed by atoms with Crippen LogP contribution in [0.3, 0.4) is 0 Å². The van der Waals surface area contributed by atoms with Crippen molar-refractivity contribution in [3.8, 4) is 11.8 Å². The van der Waals surface area contributed by atoms with E-state index in [0.717, 1.165) is 28.4 Å². The maximum atomic E-state index is 14.0. The third-order valence-electron chi connectivity index (χ3n) is 5.93. The van der Waals surface area contributed by atoms with Crippen molar-refractivity contribution >= 4 is 49.9 Å². The van der Waals surface area contributed by atoms with Gasteiger partial charge in [0.05, 0.1) is 19.1 Å². The highest BCUT2D eigenvalue weighted by Gasteiger charge is 2.29. The number of para-hydroxylation sites is 1. The lowest BCUT2D eigenvalue weighted by Crippen LogP contribution is -2.34. The van der Waals surface area contributed by atoms with Crippen LogP contribution in [0.15, 0.2) is 59.5 Å².